The molecule has 0 spiro atoms. The first-order chi connectivity index (χ1) is 5.61. The highest BCUT2D eigenvalue weighted by atomic mass is 32.2. The molecule has 0 atom stereocenters. The molecule has 1 aromatic heterocycles. The van der Waals surface area contributed by atoms with Crippen molar-refractivity contribution in [1.29, 1.82) is 0 Å². The predicted molar refractivity (Wildman–Crippen MR) is 38.9 cm³/mol. The summed E-state index contributed by atoms with van der Waals surface area (Å²) in [5, 5.41) is 0. The van der Waals surface area contributed by atoms with E-state index in [1.165, 1.54) is 18.3 Å². The van der Waals surface area contributed by atoms with Gasteiger partial charge in [0.2, 0.25) is 0 Å². The summed E-state index contributed by atoms with van der Waals surface area (Å²) in [4.78, 5) is 14.5. The molecule has 1 aliphatic heterocycles. The second-order valence-corrected chi connectivity index (χ2v) is 3.94. The molecule has 0 aromatic carbocycles. The minimum absolute atomic E-state index is 0.0301. The van der Waals surface area contributed by atoms with Crippen molar-refractivity contribution in [2.45, 2.75) is 4.90 Å². The van der Waals surface area contributed by atoms with Crippen LogP contribution in [0.25, 0.3) is 0 Å². The smallest absolute Gasteiger partial charge is 0.266 e. The number of carbonyl (C=O) groups excluding carboxylic acids is 1. The minimum Gasteiger partial charge on any atom is -0.266 e. The number of aromatic nitrogens is 1. The molecule has 0 aliphatic carbocycles. The number of amides is 1. The van der Waals surface area contributed by atoms with Crippen LogP contribution in [0.1, 0.15) is 10.5 Å². The molecule has 0 unspecified atom stereocenters. The maximum Gasteiger partial charge on any atom is 0.285 e. The maximum absolute atomic E-state index is 11.1. The average molecular weight is 184 g/mol. The molecule has 0 fully saturated rings. The van der Waals surface area contributed by atoms with Gasteiger partial charge in [-0.1, -0.05) is 0 Å². The predicted octanol–water partition coefficient (Wildman–Crippen LogP) is -0.486. The van der Waals surface area contributed by atoms with E-state index in [2.05, 4.69) is 4.98 Å². The van der Waals surface area contributed by atoms with Gasteiger partial charge in [0.05, 0.1) is 0 Å². The molecule has 0 saturated carbocycles. The topological polar surface area (TPSA) is 76.1 Å². The van der Waals surface area contributed by atoms with Crippen molar-refractivity contribution in [3.63, 3.8) is 0 Å². The van der Waals surface area contributed by atoms with E-state index in [0.717, 1.165) is 0 Å². The lowest BCUT2D eigenvalue weighted by molar-refractivity contribution is 0.0980. The van der Waals surface area contributed by atoms with E-state index < -0.39 is 15.9 Å². The van der Waals surface area contributed by atoms with Crippen molar-refractivity contribution in [1.82, 2.24) is 9.71 Å². The van der Waals surface area contributed by atoms with Crippen molar-refractivity contribution >= 4 is 15.9 Å². The summed E-state index contributed by atoms with van der Waals surface area (Å²) in [6, 6.07) is 2.81. The Balaban J connectivity index is 2.83. The van der Waals surface area contributed by atoms with Crippen LogP contribution in [-0.4, -0.2) is 19.3 Å². The van der Waals surface area contributed by atoms with Crippen LogP contribution < -0.4 is 4.72 Å². The molecule has 0 radical (unpaired) electrons. The van der Waals surface area contributed by atoms with Gasteiger partial charge in [0.25, 0.3) is 15.9 Å². The molecule has 2 rings (SSSR count). The molecule has 2 heterocycles. The van der Waals surface area contributed by atoms with Gasteiger partial charge < -0.3 is 0 Å². The van der Waals surface area contributed by atoms with Crippen molar-refractivity contribution in [3.05, 3.63) is 24.0 Å². The summed E-state index contributed by atoms with van der Waals surface area (Å²) >= 11 is 0. The summed E-state index contributed by atoms with van der Waals surface area (Å²) in [6.07, 6.45) is 1.37. The summed E-state index contributed by atoms with van der Waals surface area (Å²) in [5.41, 5.74) is -0.0301. The van der Waals surface area contributed by atoms with E-state index in [1.54, 1.807) is 0 Å². The Kier molecular flexibility index (Phi) is 1.23. The van der Waals surface area contributed by atoms with Crippen LogP contribution in [0.5, 0.6) is 0 Å². The Labute approximate surface area is 68.5 Å². The molecule has 6 heteroatoms. The SMILES string of the molecule is O=C1NS(=O)(=O)c2cccnc21. The monoisotopic (exact) mass is 184 g/mol. The zero-order valence-corrected chi connectivity index (χ0v) is 6.63. The fraction of sp³-hybridized carbons (Fsp3) is 0. The standard InChI is InChI=1S/C6H4N2O3S/c9-6-5-4(2-1-3-7-5)12(10,11)8-6/h1-3H,(H,8,9). The van der Waals surface area contributed by atoms with Gasteiger partial charge in [0, 0.05) is 6.20 Å². The van der Waals surface area contributed by atoms with E-state index in [0.29, 0.717) is 0 Å². The Morgan fingerprint density at radius 3 is 2.83 bits per heavy atom. The number of nitrogens with one attached hydrogen (secondary N) is 1. The van der Waals surface area contributed by atoms with Gasteiger partial charge in [-0.25, -0.2) is 18.1 Å². The fourth-order valence-corrected chi connectivity index (χ4v) is 2.11. The Bertz CT molecular complexity index is 452. The van der Waals surface area contributed by atoms with E-state index in [4.69, 9.17) is 0 Å². The van der Waals surface area contributed by atoms with Crippen molar-refractivity contribution in [3.8, 4) is 0 Å². The van der Waals surface area contributed by atoms with Crippen LogP contribution in [0.3, 0.4) is 0 Å². The Morgan fingerprint density at radius 1 is 1.42 bits per heavy atom. The zero-order chi connectivity index (χ0) is 8.77. The third-order valence-electron chi connectivity index (χ3n) is 1.50. The molecular formula is C6H4N2O3S. The number of hydrogen-bond donors (Lipinski definition) is 1. The van der Waals surface area contributed by atoms with Gasteiger partial charge in [-0.15, -0.1) is 0 Å². The summed E-state index contributed by atoms with van der Waals surface area (Å²) < 4.78 is 24.0. The van der Waals surface area contributed by atoms with Gasteiger partial charge in [-0.2, -0.15) is 0 Å². The van der Waals surface area contributed by atoms with E-state index >= 15 is 0 Å². The van der Waals surface area contributed by atoms with Crippen LogP contribution >= 0.6 is 0 Å². The van der Waals surface area contributed by atoms with Gasteiger partial charge >= 0.3 is 0 Å². The molecule has 5 nitrogen and oxygen atoms in total. The van der Waals surface area contributed by atoms with Crippen molar-refractivity contribution in [2.75, 3.05) is 0 Å². The van der Waals surface area contributed by atoms with Crippen LogP contribution in [0.4, 0.5) is 0 Å². The van der Waals surface area contributed by atoms with Crippen molar-refractivity contribution in [2.24, 2.45) is 0 Å². The van der Waals surface area contributed by atoms with E-state index in [1.807, 2.05) is 4.72 Å². The number of fused-ring (bicyclic) bond motifs is 1. The van der Waals surface area contributed by atoms with Crippen LogP contribution in [0.15, 0.2) is 23.2 Å². The van der Waals surface area contributed by atoms with Gasteiger partial charge in [-0.05, 0) is 12.1 Å². The quantitative estimate of drug-likeness (QED) is 0.590. The molecular weight excluding hydrogens is 180 g/mol. The molecule has 12 heavy (non-hydrogen) atoms. The fourth-order valence-electron chi connectivity index (χ4n) is 1.00. The van der Waals surface area contributed by atoms with E-state index in [9.17, 15) is 13.2 Å². The minimum atomic E-state index is -3.62. The number of rotatable bonds is 0. The summed E-state index contributed by atoms with van der Waals surface area (Å²) in [7, 11) is -3.62. The number of pyridine rings is 1. The molecule has 0 saturated heterocycles. The summed E-state index contributed by atoms with van der Waals surface area (Å²) in [5.74, 6) is -0.661. The van der Waals surface area contributed by atoms with Gasteiger partial charge in [0.1, 0.15) is 10.6 Å². The second-order valence-electron chi connectivity index (χ2n) is 2.28. The summed E-state index contributed by atoms with van der Waals surface area (Å²) in [6.45, 7) is 0. The Hall–Kier alpha value is -1.43. The van der Waals surface area contributed by atoms with Gasteiger partial charge in [-0.3, -0.25) is 4.79 Å². The van der Waals surface area contributed by atoms with Crippen LogP contribution in [-0.2, 0) is 10.0 Å². The first-order valence-corrected chi connectivity index (χ1v) is 4.62. The molecule has 1 amide bonds. The molecule has 1 aliphatic rings. The number of nitrogens with zero attached hydrogens (tertiary/aromatic N) is 1. The highest BCUT2D eigenvalue weighted by molar-refractivity contribution is 7.90. The number of sulfonamides is 1. The molecule has 62 valence electrons. The van der Waals surface area contributed by atoms with Crippen LogP contribution in [0.2, 0.25) is 0 Å². The first-order valence-electron chi connectivity index (χ1n) is 3.13. The highest BCUT2D eigenvalue weighted by Crippen LogP contribution is 2.18. The zero-order valence-electron chi connectivity index (χ0n) is 5.81. The third kappa shape index (κ3) is 0.814. The van der Waals surface area contributed by atoms with Gasteiger partial charge in [0.15, 0.2) is 0 Å². The van der Waals surface area contributed by atoms with Crippen molar-refractivity contribution < 1.29 is 13.2 Å². The largest absolute Gasteiger partial charge is 0.285 e. The highest BCUT2D eigenvalue weighted by Gasteiger charge is 2.33. The lowest BCUT2D eigenvalue weighted by Crippen LogP contribution is -2.20. The first kappa shape index (κ1) is 7.23. The Morgan fingerprint density at radius 2 is 2.17 bits per heavy atom. The van der Waals surface area contributed by atoms with E-state index in [-0.39, 0.29) is 10.6 Å². The normalized spacial score (nSPS) is 18.5. The third-order valence-corrected chi connectivity index (χ3v) is 2.86. The number of carbonyl (C=O) groups is 1. The molecule has 1 aromatic rings. The lowest BCUT2D eigenvalue weighted by atomic mass is 10.3. The van der Waals surface area contributed by atoms with Crippen LogP contribution in [0, 0.1) is 0 Å². The lowest BCUT2D eigenvalue weighted by Gasteiger charge is -1.90. The second kappa shape index (κ2) is 2.04. The maximum atomic E-state index is 11.1. The molecule has 0 bridgehead atoms. The average Bonchev–Trinajstić information content (AvgIpc) is 2.25. The molecule has 1 N–H and O–H groups in total. The number of hydrogen-bond acceptors (Lipinski definition) is 4.